The number of hydrogen-bond acceptors (Lipinski definition) is 3. The lowest BCUT2D eigenvalue weighted by Crippen LogP contribution is -2.18. The molecule has 3 aromatic rings. The van der Waals surface area contributed by atoms with E-state index < -0.39 is 0 Å². The minimum atomic E-state index is -0.0617. The molecule has 0 aliphatic heterocycles. The Balaban J connectivity index is 2.27. The SMILES string of the molecule is Cc1nc(-c2ccnc3ccccc23)[nH]c(=O)c1C(C)C. The van der Waals surface area contributed by atoms with Crippen LogP contribution >= 0.6 is 0 Å². The van der Waals surface area contributed by atoms with E-state index in [0.29, 0.717) is 5.82 Å². The molecular weight excluding hydrogens is 262 g/mol. The number of pyridine rings is 1. The van der Waals surface area contributed by atoms with Gasteiger partial charge < -0.3 is 4.98 Å². The first-order valence-corrected chi connectivity index (χ1v) is 7.03. The molecule has 1 aromatic carbocycles. The van der Waals surface area contributed by atoms with Crippen LogP contribution < -0.4 is 5.56 Å². The zero-order chi connectivity index (χ0) is 15.0. The molecule has 0 bridgehead atoms. The van der Waals surface area contributed by atoms with Crippen LogP contribution in [0.15, 0.2) is 41.3 Å². The van der Waals surface area contributed by atoms with Gasteiger partial charge in [-0.25, -0.2) is 4.98 Å². The van der Waals surface area contributed by atoms with E-state index in [1.165, 1.54) is 0 Å². The van der Waals surface area contributed by atoms with E-state index in [2.05, 4.69) is 15.0 Å². The zero-order valence-electron chi connectivity index (χ0n) is 12.3. The van der Waals surface area contributed by atoms with Gasteiger partial charge in [0.2, 0.25) is 0 Å². The molecule has 0 amide bonds. The minimum absolute atomic E-state index is 0.0617. The van der Waals surface area contributed by atoms with E-state index >= 15 is 0 Å². The minimum Gasteiger partial charge on any atom is -0.306 e. The second kappa shape index (κ2) is 5.13. The zero-order valence-corrected chi connectivity index (χ0v) is 12.3. The van der Waals surface area contributed by atoms with Gasteiger partial charge in [-0.05, 0) is 25.0 Å². The lowest BCUT2D eigenvalue weighted by Gasteiger charge is -2.11. The number of para-hydroxylation sites is 1. The van der Waals surface area contributed by atoms with Crippen molar-refractivity contribution in [3.05, 3.63) is 58.1 Å². The molecule has 21 heavy (non-hydrogen) atoms. The highest BCUT2D eigenvalue weighted by Gasteiger charge is 2.13. The summed E-state index contributed by atoms with van der Waals surface area (Å²) in [5.74, 6) is 0.755. The molecule has 0 fully saturated rings. The number of benzene rings is 1. The molecule has 2 heterocycles. The Morgan fingerprint density at radius 1 is 1.14 bits per heavy atom. The highest BCUT2D eigenvalue weighted by molar-refractivity contribution is 5.92. The maximum absolute atomic E-state index is 12.3. The van der Waals surface area contributed by atoms with Gasteiger partial charge in [-0.1, -0.05) is 32.0 Å². The molecule has 0 atom stereocenters. The Labute approximate surface area is 122 Å². The highest BCUT2D eigenvalue weighted by atomic mass is 16.1. The summed E-state index contributed by atoms with van der Waals surface area (Å²) in [7, 11) is 0. The molecule has 106 valence electrons. The Hall–Kier alpha value is -2.49. The maximum atomic E-state index is 12.3. The Morgan fingerprint density at radius 3 is 2.62 bits per heavy atom. The third-order valence-electron chi connectivity index (χ3n) is 3.63. The monoisotopic (exact) mass is 279 g/mol. The van der Waals surface area contributed by atoms with E-state index in [4.69, 9.17) is 0 Å². The van der Waals surface area contributed by atoms with Crippen LogP contribution in [0, 0.1) is 6.92 Å². The third-order valence-corrected chi connectivity index (χ3v) is 3.63. The summed E-state index contributed by atoms with van der Waals surface area (Å²) in [6.07, 6.45) is 1.74. The first kappa shape index (κ1) is 13.5. The summed E-state index contributed by atoms with van der Waals surface area (Å²) in [6, 6.07) is 9.73. The second-order valence-electron chi connectivity index (χ2n) is 5.44. The average Bonchev–Trinajstić information content (AvgIpc) is 2.45. The molecule has 0 saturated carbocycles. The predicted octanol–water partition coefficient (Wildman–Crippen LogP) is 3.42. The number of aryl methyl sites for hydroxylation is 1. The van der Waals surface area contributed by atoms with Crippen molar-refractivity contribution in [2.45, 2.75) is 26.7 Å². The van der Waals surface area contributed by atoms with E-state index in [1.807, 2.05) is 51.1 Å². The van der Waals surface area contributed by atoms with Crippen molar-refractivity contribution in [1.29, 1.82) is 0 Å². The Morgan fingerprint density at radius 2 is 1.90 bits per heavy atom. The number of nitrogens with zero attached hydrogens (tertiary/aromatic N) is 2. The van der Waals surface area contributed by atoms with Crippen LogP contribution in [0.1, 0.15) is 31.0 Å². The topological polar surface area (TPSA) is 58.6 Å². The summed E-state index contributed by atoms with van der Waals surface area (Å²) < 4.78 is 0. The fourth-order valence-corrected chi connectivity index (χ4v) is 2.70. The van der Waals surface area contributed by atoms with E-state index in [9.17, 15) is 4.79 Å². The molecule has 1 N–H and O–H groups in total. The van der Waals surface area contributed by atoms with Crippen molar-refractivity contribution in [3.63, 3.8) is 0 Å². The predicted molar refractivity (Wildman–Crippen MR) is 84.4 cm³/mol. The van der Waals surface area contributed by atoms with Crippen molar-refractivity contribution < 1.29 is 0 Å². The number of aromatic nitrogens is 3. The van der Waals surface area contributed by atoms with Crippen LogP contribution in [-0.4, -0.2) is 15.0 Å². The Bertz CT molecular complexity index is 860. The van der Waals surface area contributed by atoms with Gasteiger partial charge >= 0.3 is 0 Å². The molecule has 0 aliphatic carbocycles. The molecule has 0 saturated heterocycles. The quantitative estimate of drug-likeness (QED) is 0.782. The molecule has 0 spiro atoms. The fourth-order valence-electron chi connectivity index (χ4n) is 2.70. The third kappa shape index (κ3) is 2.33. The normalized spacial score (nSPS) is 11.2. The van der Waals surface area contributed by atoms with Gasteiger partial charge in [0.25, 0.3) is 5.56 Å². The largest absolute Gasteiger partial charge is 0.306 e. The van der Waals surface area contributed by atoms with Gasteiger partial charge in [-0.3, -0.25) is 9.78 Å². The number of rotatable bonds is 2. The highest BCUT2D eigenvalue weighted by Crippen LogP contribution is 2.25. The summed E-state index contributed by atoms with van der Waals surface area (Å²) in [4.78, 5) is 24.1. The van der Waals surface area contributed by atoms with Gasteiger partial charge in [0, 0.05) is 28.4 Å². The first-order valence-electron chi connectivity index (χ1n) is 7.03. The van der Waals surface area contributed by atoms with Crippen LogP contribution in [0.3, 0.4) is 0 Å². The lowest BCUT2D eigenvalue weighted by molar-refractivity contribution is 0.815. The maximum Gasteiger partial charge on any atom is 0.254 e. The molecule has 4 nitrogen and oxygen atoms in total. The molecular formula is C17H17N3O. The van der Waals surface area contributed by atoms with Gasteiger partial charge in [-0.15, -0.1) is 0 Å². The summed E-state index contributed by atoms with van der Waals surface area (Å²) in [6.45, 7) is 5.89. The standard InChI is InChI=1S/C17H17N3O/c1-10(2)15-11(3)19-16(20-17(15)21)13-8-9-18-14-7-5-4-6-12(13)14/h4-10H,1-3H3,(H,19,20,21). The smallest absolute Gasteiger partial charge is 0.254 e. The molecule has 3 rings (SSSR count). The average molecular weight is 279 g/mol. The van der Waals surface area contributed by atoms with Crippen LogP contribution in [-0.2, 0) is 0 Å². The molecule has 4 heteroatoms. The fraction of sp³-hybridized carbons (Fsp3) is 0.235. The van der Waals surface area contributed by atoms with E-state index in [0.717, 1.165) is 27.7 Å². The molecule has 0 aliphatic rings. The van der Waals surface area contributed by atoms with Crippen molar-refractivity contribution in [3.8, 4) is 11.4 Å². The van der Waals surface area contributed by atoms with E-state index in [1.54, 1.807) is 6.20 Å². The van der Waals surface area contributed by atoms with Gasteiger partial charge in [-0.2, -0.15) is 0 Å². The van der Waals surface area contributed by atoms with Gasteiger partial charge in [0.05, 0.1) is 5.52 Å². The molecule has 2 aromatic heterocycles. The van der Waals surface area contributed by atoms with Gasteiger partial charge in [0.1, 0.15) is 5.82 Å². The summed E-state index contributed by atoms with van der Waals surface area (Å²) in [5, 5.41) is 0.986. The van der Waals surface area contributed by atoms with Crippen molar-refractivity contribution >= 4 is 10.9 Å². The van der Waals surface area contributed by atoms with E-state index in [-0.39, 0.29) is 11.5 Å². The van der Waals surface area contributed by atoms with Crippen LogP contribution in [0.5, 0.6) is 0 Å². The van der Waals surface area contributed by atoms with Crippen molar-refractivity contribution in [2.75, 3.05) is 0 Å². The lowest BCUT2D eigenvalue weighted by atomic mass is 10.0. The van der Waals surface area contributed by atoms with Crippen molar-refractivity contribution in [2.24, 2.45) is 0 Å². The number of nitrogens with one attached hydrogen (secondary N) is 1. The number of hydrogen-bond donors (Lipinski definition) is 1. The van der Waals surface area contributed by atoms with Crippen LogP contribution in [0.2, 0.25) is 0 Å². The van der Waals surface area contributed by atoms with Gasteiger partial charge in [0.15, 0.2) is 0 Å². The number of fused-ring (bicyclic) bond motifs is 1. The first-order chi connectivity index (χ1) is 10.1. The number of aromatic amines is 1. The summed E-state index contributed by atoms with van der Waals surface area (Å²) in [5.41, 5.74) is 3.26. The second-order valence-corrected chi connectivity index (χ2v) is 5.44. The molecule has 0 radical (unpaired) electrons. The summed E-state index contributed by atoms with van der Waals surface area (Å²) >= 11 is 0. The Kier molecular flexibility index (Phi) is 3.29. The van der Waals surface area contributed by atoms with Crippen molar-refractivity contribution in [1.82, 2.24) is 15.0 Å². The number of H-pyrrole nitrogens is 1. The molecule has 0 unspecified atom stereocenters. The van der Waals surface area contributed by atoms with Crippen LogP contribution in [0.4, 0.5) is 0 Å². The van der Waals surface area contributed by atoms with Crippen LogP contribution in [0.25, 0.3) is 22.3 Å².